The second-order valence-electron chi connectivity index (χ2n) is 7.01. The van der Waals surface area contributed by atoms with Gasteiger partial charge in [0.1, 0.15) is 5.76 Å². The number of hydrogen-bond acceptors (Lipinski definition) is 3. The number of rotatable bonds is 7. The van der Waals surface area contributed by atoms with Gasteiger partial charge in [0.15, 0.2) is 0 Å². The van der Waals surface area contributed by atoms with Gasteiger partial charge in [0.25, 0.3) is 0 Å². The number of likely N-dealkylation sites (tertiary alicyclic amines) is 1. The molecule has 1 aromatic heterocycles. The molecule has 0 atom stereocenters. The molecule has 6 heteroatoms. The van der Waals surface area contributed by atoms with Crippen LogP contribution in [-0.2, 0) is 16.0 Å². The summed E-state index contributed by atoms with van der Waals surface area (Å²) < 4.78 is 6.24. The van der Waals surface area contributed by atoms with Gasteiger partial charge in [-0.15, -0.1) is 0 Å². The molecular formula is C22H25BrN2O3. The smallest absolute Gasteiger partial charge is 0.246 e. The molecular weight excluding hydrogens is 420 g/mol. The fraction of sp³-hybridized carbons (Fsp3) is 0.364. The molecule has 28 heavy (non-hydrogen) atoms. The molecule has 1 aliphatic heterocycles. The number of furan rings is 1. The SMILES string of the molecule is O=C(CCc1ccccc1Br)NCC1CCN(C(=O)C=Cc2ccco2)CC1. The average Bonchev–Trinajstić information content (AvgIpc) is 3.24. The highest BCUT2D eigenvalue weighted by Gasteiger charge is 2.22. The number of aryl methyl sites for hydroxylation is 1. The lowest BCUT2D eigenvalue weighted by molar-refractivity contribution is -0.127. The summed E-state index contributed by atoms with van der Waals surface area (Å²) in [7, 11) is 0. The number of hydrogen-bond donors (Lipinski definition) is 1. The van der Waals surface area contributed by atoms with E-state index in [4.69, 9.17) is 4.42 Å². The molecule has 0 radical (unpaired) electrons. The van der Waals surface area contributed by atoms with Crippen molar-refractivity contribution in [2.75, 3.05) is 19.6 Å². The van der Waals surface area contributed by atoms with E-state index >= 15 is 0 Å². The van der Waals surface area contributed by atoms with Crippen LogP contribution in [0.4, 0.5) is 0 Å². The van der Waals surface area contributed by atoms with Gasteiger partial charge >= 0.3 is 0 Å². The number of halogens is 1. The van der Waals surface area contributed by atoms with Crippen LogP contribution in [-0.4, -0.2) is 36.3 Å². The van der Waals surface area contributed by atoms with Crippen molar-refractivity contribution in [1.29, 1.82) is 0 Å². The Balaban J connectivity index is 1.34. The molecule has 2 heterocycles. The Hall–Kier alpha value is -2.34. The van der Waals surface area contributed by atoms with Crippen molar-refractivity contribution >= 4 is 33.8 Å². The molecule has 5 nitrogen and oxygen atoms in total. The summed E-state index contributed by atoms with van der Waals surface area (Å²) in [4.78, 5) is 26.2. The largest absolute Gasteiger partial charge is 0.465 e. The second kappa shape index (κ2) is 10.3. The van der Waals surface area contributed by atoms with Crippen molar-refractivity contribution in [2.45, 2.75) is 25.7 Å². The van der Waals surface area contributed by atoms with Crippen LogP contribution in [0.1, 0.15) is 30.6 Å². The maximum atomic E-state index is 12.2. The highest BCUT2D eigenvalue weighted by atomic mass is 79.9. The molecule has 2 amide bonds. The van der Waals surface area contributed by atoms with Gasteiger partial charge in [-0.2, -0.15) is 0 Å². The summed E-state index contributed by atoms with van der Waals surface area (Å²) in [5, 5.41) is 3.05. The number of benzene rings is 1. The normalized spacial score (nSPS) is 15.1. The standard InChI is InChI=1S/C22H25BrN2O3/c23-20-6-2-1-4-18(20)7-9-21(26)24-16-17-11-13-25(14-12-17)22(27)10-8-19-5-3-15-28-19/h1-6,8,10,15,17H,7,9,11-14,16H2,(H,24,26). The first-order valence-corrected chi connectivity index (χ1v) is 10.4. The first kappa shape index (κ1) is 20.4. The van der Waals surface area contributed by atoms with Crippen molar-refractivity contribution in [3.63, 3.8) is 0 Å². The van der Waals surface area contributed by atoms with Gasteiger partial charge in [-0.05, 0) is 55.0 Å². The summed E-state index contributed by atoms with van der Waals surface area (Å²) in [6.07, 6.45) is 7.86. The summed E-state index contributed by atoms with van der Waals surface area (Å²) >= 11 is 3.51. The molecule has 0 aliphatic carbocycles. The number of amides is 2. The van der Waals surface area contributed by atoms with Gasteiger partial charge in [0.2, 0.25) is 11.8 Å². The van der Waals surface area contributed by atoms with Crippen LogP contribution in [0.2, 0.25) is 0 Å². The Morgan fingerprint density at radius 3 is 2.68 bits per heavy atom. The highest BCUT2D eigenvalue weighted by molar-refractivity contribution is 9.10. The summed E-state index contributed by atoms with van der Waals surface area (Å²) in [5.74, 6) is 1.18. The van der Waals surface area contributed by atoms with E-state index < -0.39 is 0 Å². The Morgan fingerprint density at radius 1 is 1.18 bits per heavy atom. The van der Waals surface area contributed by atoms with E-state index in [9.17, 15) is 9.59 Å². The molecule has 1 aliphatic rings. The van der Waals surface area contributed by atoms with Crippen molar-refractivity contribution < 1.29 is 14.0 Å². The lowest BCUT2D eigenvalue weighted by atomic mass is 9.96. The highest BCUT2D eigenvalue weighted by Crippen LogP contribution is 2.18. The van der Waals surface area contributed by atoms with E-state index in [1.165, 1.54) is 0 Å². The number of nitrogens with one attached hydrogen (secondary N) is 1. The van der Waals surface area contributed by atoms with Crippen molar-refractivity contribution in [2.24, 2.45) is 5.92 Å². The minimum Gasteiger partial charge on any atom is -0.465 e. The molecule has 2 aromatic rings. The minimum atomic E-state index is 0.00678. The van der Waals surface area contributed by atoms with Gasteiger partial charge in [-0.25, -0.2) is 0 Å². The van der Waals surface area contributed by atoms with Crippen molar-refractivity contribution in [3.05, 3.63) is 64.5 Å². The molecule has 0 bridgehead atoms. The Bertz CT molecular complexity index is 809. The number of carbonyl (C=O) groups excluding carboxylic acids is 2. The third-order valence-electron chi connectivity index (χ3n) is 5.03. The lowest BCUT2D eigenvalue weighted by Crippen LogP contribution is -2.41. The minimum absolute atomic E-state index is 0.00678. The maximum Gasteiger partial charge on any atom is 0.246 e. The molecule has 1 N–H and O–H groups in total. The zero-order chi connectivity index (χ0) is 19.8. The number of piperidine rings is 1. The summed E-state index contributed by atoms with van der Waals surface area (Å²) in [6, 6.07) is 11.6. The molecule has 1 saturated heterocycles. The quantitative estimate of drug-likeness (QED) is 0.655. The van der Waals surface area contributed by atoms with E-state index in [1.807, 2.05) is 35.2 Å². The van der Waals surface area contributed by atoms with E-state index in [1.54, 1.807) is 24.5 Å². The molecule has 0 unspecified atom stereocenters. The van der Waals surface area contributed by atoms with Crippen molar-refractivity contribution in [3.8, 4) is 0 Å². The van der Waals surface area contributed by atoms with Crippen LogP contribution < -0.4 is 5.32 Å². The van der Waals surface area contributed by atoms with Crippen LogP contribution in [0.3, 0.4) is 0 Å². The Labute approximate surface area is 173 Å². The third kappa shape index (κ3) is 6.09. The monoisotopic (exact) mass is 444 g/mol. The molecule has 0 spiro atoms. The Morgan fingerprint density at radius 2 is 1.96 bits per heavy atom. The third-order valence-corrected chi connectivity index (χ3v) is 5.80. The van der Waals surface area contributed by atoms with E-state index in [-0.39, 0.29) is 11.8 Å². The van der Waals surface area contributed by atoms with Crippen LogP contribution in [0.5, 0.6) is 0 Å². The molecule has 148 valence electrons. The van der Waals surface area contributed by atoms with Gasteiger partial charge in [0.05, 0.1) is 6.26 Å². The summed E-state index contributed by atoms with van der Waals surface area (Å²) in [6.45, 7) is 2.12. The van der Waals surface area contributed by atoms with Gasteiger partial charge in [0, 0.05) is 36.6 Å². The first-order chi connectivity index (χ1) is 13.6. The number of carbonyl (C=O) groups is 2. The molecule has 3 rings (SSSR count). The van der Waals surface area contributed by atoms with E-state index in [0.717, 1.165) is 42.4 Å². The summed E-state index contributed by atoms with van der Waals surface area (Å²) in [5.41, 5.74) is 1.15. The van der Waals surface area contributed by atoms with Crippen molar-refractivity contribution in [1.82, 2.24) is 10.2 Å². The van der Waals surface area contributed by atoms with E-state index in [2.05, 4.69) is 21.2 Å². The Kier molecular flexibility index (Phi) is 7.48. The van der Waals surface area contributed by atoms with Crippen LogP contribution in [0.25, 0.3) is 6.08 Å². The first-order valence-electron chi connectivity index (χ1n) is 9.62. The fourth-order valence-electron chi connectivity index (χ4n) is 3.30. The van der Waals surface area contributed by atoms with E-state index in [0.29, 0.717) is 24.6 Å². The zero-order valence-electron chi connectivity index (χ0n) is 15.8. The van der Waals surface area contributed by atoms with Gasteiger partial charge in [-0.3, -0.25) is 9.59 Å². The second-order valence-corrected chi connectivity index (χ2v) is 7.87. The molecule has 1 aromatic carbocycles. The fourth-order valence-corrected chi connectivity index (χ4v) is 3.78. The van der Waals surface area contributed by atoms with Crippen LogP contribution in [0, 0.1) is 5.92 Å². The predicted molar refractivity (Wildman–Crippen MR) is 113 cm³/mol. The molecule has 1 fully saturated rings. The van der Waals surface area contributed by atoms with Gasteiger partial charge in [-0.1, -0.05) is 34.1 Å². The lowest BCUT2D eigenvalue weighted by Gasteiger charge is -2.31. The topological polar surface area (TPSA) is 62.6 Å². The van der Waals surface area contributed by atoms with Crippen LogP contribution >= 0.6 is 15.9 Å². The van der Waals surface area contributed by atoms with Crippen LogP contribution in [0.15, 0.2) is 57.6 Å². The van der Waals surface area contributed by atoms with Gasteiger partial charge < -0.3 is 14.6 Å². The average molecular weight is 445 g/mol. The maximum absolute atomic E-state index is 12.2. The molecule has 0 saturated carbocycles. The predicted octanol–water partition coefficient (Wildman–Crippen LogP) is 4.04. The number of nitrogens with zero attached hydrogens (tertiary/aromatic N) is 1. The zero-order valence-corrected chi connectivity index (χ0v) is 17.4.